The number of hydrogen-bond donors (Lipinski definition) is 1. The maximum Gasteiger partial charge on any atom is 0.331 e. The molecule has 1 saturated carbocycles. The molecule has 142 valence electrons. The summed E-state index contributed by atoms with van der Waals surface area (Å²) in [5.41, 5.74) is 0.776. The highest BCUT2D eigenvalue weighted by atomic mass is 16.5. The smallest absolute Gasteiger partial charge is 0.331 e. The minimum absolute atomic E-state index is 0.220. The molecule has 0 aliphatic heterocycles. The number of nitrogens with one attached hydrogen (secondary N) is 1. The van der Waals surface area contributed by atoms with Gasteiger partial charge in [0.2, 0.25) is 0 Å². The Bertz CT molecular complexity index is 635. The summed E-state index contributed by atoms with van der Waals surface area (Å²) in [6.07, 6.45) is 8.09. The van der Waals surface area contributed by atoms with Crippen LogP contribution in [-0.2, 0) is 14.3 Å². The van der Waals surface area contributed by atoms with E-state index in [-0.39, 0.29) is 18.6 Å². The highest BCUT2D eigenvalue weighted by Gasteiger charge is 2.17. The molecule has 6 nitrogen and oxygen atoms in total. The summed E-state index contributed by atoms with van der Waals surface area (Å²) < 4.78 is 15.9. The third-order valence-corrected chi connectivity index (χ3v) is 4.13. The lowest BCUT2D eigenvalue weighted by Crippen LogP contribution is -2.35. The molecule has 0 atom stereocenters. The second kappa shape index (κ2) is 10.5. The fraction of sp³-hybridized carbons (Fsp3) is 0.500. The Balaban J connectivity index is 1.81. The Morgan fingerprint density at radius 3 is 2.69 bits per heavy atom. The van der Waals surface area contributed by atoms with Crippen LogP contribution >= 0.6 is 0 Å². The Hall–Kier alpha value is -2.50. The monoisotopic (exact) mass is 361 g/mol. The van der Waals surface area contributed by atoms with Crippen molar-refractivity contribution in [2.24, 2.45) is 0 Å². The molecule has 2 rings (SSSR count). The van der Waals surface area contributed by atoms with Gasteiger partial charge in [-0.1, -0.05) is 25.8 Å². The molecule has 6 heteroatoms. The van der Waals surface area contributed by atoms with E-state index >= 15 is 0 Å². The van der Waals surface area contributed by atoms with Crippen LogP contribution in [0.5, 0.6) is 11.5 Å². The van der Waals surface area contributed by atoms with E-state index in [4.69, 9.17) is 14.2 Å². The lowest BCUT2D eigenvalue weighted by atomic mass is 10.2. The topological polar surface area (TPSA) is 73.9 Å². The van der Waals surface area contributed by atoms with E-state index in [9.17, 15) is 9.59 Å². The van der Waals surface area contributed by atoms with E-state index in [1.54, 1.807) is 25.3 Å². The molecule has 0 aromatic heterocycles. The zero-order chi connectivity index (χ0) is 18.8. The van der Waals surface area contributed by atoms with Crippen LogP contribution in [0.4, 0.5) is 0 Å². The van der Waals surface area contributed by atoms with Gasteiger partial charge >= 0.3 is 5.97 Å². The first-order valence-corrected chi connectivity index (χ1v) is 9.07. The van der Waals surface area contributed by atoms with Gasteiger partial charge in [-0.15, -0.1) is 0 Å². The van der Waals surface area contributed by atoms with E-state index in [2.05, 4.69) is 5.32 Å². The third-order valence-electron chi connectivity index (χ3n) is 4.13. The van der Waals surface area contributed by atoms with Gasteiger partial charge in [-0.3, -0.25) is 4.79 Å². The third kappa shape index (κ3) is 6.43. The van der Waals surface area contributed by atoms with E-state index in [1.165, 1.54) is 6.08 Å². The van der Waals surface area contributed by atoms with Crippen molar-refractivity contribution >= 4 is 18.0 Å². The number of esters is 1. The van der Waals surface area contributed by atoms with Crippen LogP contribution in [0.2, 0.25) is 0 Å². The van der Waals surface area contributed by atoms with Crippen LogP contribution in [0, 0.1) is 0 Å². The highest BCUT2D eigenvalue weighted by molar-refractivity contribution is 5.89. The quantitative estimate of drug-likeness (QED) is 0.540. The number of rotatable bonds is 9. The molecule has 1 aromatic rings. The summed E-state index contributed by atoms with van der Waals surface area (Å²) in [5.74, 6) is 0.456. The van der Waals surface area contributed by atoms with E-state index in [0.717, 1.165) is 37.7 Å². The maximum absolute atomic E-state index is 11.8. The second-order valence-corrected chi connectivity index (χ2v) is 6.25. The van der Waals surface area contributed by atoms with Gasteiger partial charge in [0.15, 0.2) is 18.1 Å². The van der Waals surface area contributed by atoms with Gasteiger partial charge in [-0.05, 0) is 43.0 Å². The number of methoxy groups -OCH3 is 1. The fourth-order valence-corrected chi connectivity index (χ4v) is 2.81. The molecule has 1 aliphatic rings. The van der Waals surface area contributed by atoms with Gasteiger partial charge in [0, 0.05) is 12.1 Å². The van der Waals surface area contributed by atoms with Crippen LogP contribution in [0.15, 0.2) is 24.3 Å². The van der Waals surface area contributed by atoms with Gasteiger partial charge in [0.25, 0.3) is 5.91 Å². The first kappa shape index (κ1) is 19.8. The molecule has 1 aromatic carbocycles. The first-order valence-electron chi connectivity index (χ1n) is 9.07. The normalized spacial score (nSPS) is 14.4. The van der Waals surface area contributed by atoms with E-state index in [0.29, 0.717) is 18.1 Å². The Kier molecular flexibility index (Phi) is 7.99. The average Bonchev–Trinajstić information content (AvgIpc) is 3.16. The lowest BCUT2D eigenvalue weighted by Gasteiger charge is -2.11. The number of hydrogen-bond acceptors (Lipinski definition) is 5. The number of benzene rings is 1. The van der Waals surface area contributed by atoms with Crippen molar-refractivity contribution in [2.45, 2.75) is 45.1 Å². The number of amides is 1. The largest absolute Gasteiger partial charge is 0.493 e. The molecule has 0 saturated heterocycles. The van der Waals surface area contributed by atoms with Gasteiger partial charge in [-0.2, -0.15) is 0 Å². The summed E-state index contributed by atoms with van der Waals surface area (Å²) >= 11 is 0. The first-order chi connectivity index (χ1) is 12.6. The molecule has 26 heavy (non-hydrogen) atoms. The molecule has 0 radical (unpaired) electrons. The Morgan fingerprint density at radius 2 is 2.00 bits per heavy atom. The van der Waals surface area contributed by atoms with Crippen molar-refractivity contribution in [3.63, 3.8) is 0 Å². The average molecular weight is 361 g/mol. The van der Waals surface area contributed by atoms with Crippen molar-refractivity contribution in [3.8, 4) is 11.5 Å². The van der Waals surface area contributed by atoms with Crippen molar-refractivity contribution in [3.05, 3.63) is 29.8 Å². The predicted molar refractivity (Wildman–Crippen MR) is 99.2 cm³/mol. The van der Waals surface area contributed by atoms with Gasteiger partial charge < -0.3 is 19.5 Å². The van der Waals surface area contributed by atoms with Crippen molar-refractivity contribution in [1.82, 2.24) is 5.32 Å². The summed E-state index contributed by atoms with van der Waals surface area (Å²) in [6, 6.07) is 5.62. The summed E-state index contributed by atoms with van der Waals surface area (Å²) in [7, 11) is 1.57. The van der Waals surface area contributed by atoms with Crippen LogP contribution in [-0.4, -0.2) is 38.2 Å². The minimum Gasteiger partial charge on any atom is -0.493 e. The summed E-state index contributed by atoms with van der Waals surface area (Å²) in [4.78, 5) is 23.5. The SMILES string of the molecule is CCCOc1ccc(/C=C/C(=O)OCC(=O)NC2CCCC2)cc1OC. The van der Waals surface area contributed by atoms with Gasteiger partial charge in [0.1, 0.15) is 0 Å². The van der Waals surface area contributed by atoms with Crippen molar-refractivity contribution < 1.29 is 23.8 Å². The Morgan fingerprint density at radius 1 is 1.23 bits per heavy atom. The van der Waals surface area contributed by atoms with E-state index in [1.807, 2.05) is 13.0 Å². The molecular weight excluding hydrogens is 334 g/mol. The molecule has 0 spiro atoms. The van der Waals surface area contributed by atoms with Crippen LogP contribution < -0.4 is 14.8 Å². The van der Waals surface area contributed by atoms with Gasteiger partial charge in [-0.25, -0.2) is 4.79 Å². The number of carbonyl (C=O) groups is 2. The van der Waals surface area contributed by atoms with Crippen molar-refractivity contribution in [1.29, 1.82) is 0 Å². The molecule has 1 fully saturated rings. The van der Waals surface area contributed by atoms with Crippen LogP contribution in [0.3, 0.4) is 0 Å². The molecule has 0 heterocycles. The lowest BCUT2D eigenvalue weighted by molar-refractivity contribution is -0.144. The summed E-state index contributed by atoms with van der Waals surface area (Å²) in [6.45, 7) is 2.39. The second-order valence-electron chi connectivity index (χ2n) is 6.25. The predicted octanol–water partition coefficient (Wildman–Crippen LogP) is 3.10. The van der Waals surface area contributed by atoms with Crippen LogP contribution in [0.1, 0.15) is 44.6 Å². The standard InChI is InChI=1S/C20H27NO5/c1-3-12-25-17-10-8-15(13-18(17)24-2)9-11-20(23)26-14-19(22)21-16-6-4-5-7-16/h8-11,13,16H,3-7,12,14H2,1-2H3,(H,21,22)/b11-9+. The zero-order valence-corrected chi connectivity index (χ0v) is 15.5. The fourth-order valence-electron chi connectivity index (χ4n) is 2.81. The minimum atomic E-state index is -0.558. The molecule has 1 aliphatic carbocycles. The van der Waals surface area contributed by atoms with Gasteiger partial charge in [0.05, 0.1) is 13.7 Å². The molecule has 1 N–H and O–H groups in total. The Labute approximate surface area is 154 Å². The maximum atomic E-state index is 11.8. The zero-order valence-electron chi connectivity index (χ0n) is 15.5. The van der Waals surface area contributed by atoms with Crippen molar-refractivity contribution in [2.75, 3.05) is 20.3 Å². The number of carbonyl (C=O) groups excluding carboxylic acids is 2. The summed E-state index contributed by atoms with van der Waals surface area (Å²) in [5, 5.41) is 2.88. The van der Waals surface area contributed by atoms with Crippen LogP contribution in [0.25, 0.3) is 6.08 Å². The molecule has 0 bridgehead atoms. The molecular formula is C20H27NO5. The molecule has 1 amide bonds. The highest BCUT2D eigenvalue weighted by Crippen LogP contribution is 2.28. The molecule has 0 unspecified atom stereocenters. The van der Waals surface area contributed by atoms with E-state index < -0.39 is 5.97 Å². The number of ether oxygens (including phenoxy) is 3.